The second kappa shape index (κ2) is 11.4. The summed E-state index contributed by atoms with van der Waals surface area (Å²) in [7, 11) is 1.78. The Labute approximate surface area is 174 Å². The summed E-state index contributed by atoms with van der Waals surface area (Å²) in [6.07, 6.45) is 2.07. The molecule has 4 N–H and O–H groups in total. The minimum atomic E-state index is -0.586. The molecule has 1 saturated heterocycles. The molecule has 11 heteroatoms. The van der Waals surface area contributed by atoms with Gasteiger partial charge in [0.25, 0.3) is 5.90 Å². The van der Waals surface area contributed by atoms with Crippen molar-refractivity contribution < 1.29 is 14.4 Å². The molecule has 1 aliphatic rings. The maximum absolute atomic E-state index is 11.4. The van der Waals surface area contributed by atoms with Crippen molar-refractivity contribution in [2.45, 2.75) is 32.2 Å². The number of rotatable bonds is 10. The second-order valence-corrected chi connectivity index (χ2v) is 6.89. The van der Waals surface area contributed by atoms with Crippen LogP contribution in [0.1, 0.15) is 26.2 Å². The zero-order chi connectivity index (χ0) is 21.2. The number of nitrogens with one attached hydrogen (secondary N) is 4. The monoisotopic (exact) mass is 426 g/mol. The maximum atomic E-state index is 11.4. The van der Waals surface area contributed by atoms with Crippen LogP contribution >= 0.6 is 11.6 Å². The van der Waals surface area contributed by atoms with Crippen molar-refractivity contribution in [2.24, 2.45) is 0 Å². The maximum Gasteiger partial charge on any atom is 0.348 e. The smallest absolute Gasteiger partial charge is 0.348 e. The first-order chi connectivity index (χ1) is 13.9. The van der Waals surface area contributed by atoms with E-state index in [0.29, 0.717) is 42.8 Å². The number of nitro groups is 1. The zero-order valence-corrected chi connectivity index (χ0v) is 17.3. The van der Waals surface area contributed by atoms with Gasteiger partial charge in [0.2, 0.25) is 0 Å². The second-order valence-electron chi connectivity index (χ2n) is 6.50. The van der Waals surface area contributed by atoms with E-state index in [1.165, 1.54) is 0 Å². The molecule has 10 nitrogen and oxygen atoms in total. The van der Waals surface area contributed by atoms with Crippen LogP contribution in [0.5, 0.6) is 0 Å². The van der Waals surface area contributed by atoms with Crippen molar-refractivity contribution in [1.29, 1.82) is 5.41 Å². The average molecular weight is 427 g/mol. The topological polar surface area (TPSA) is 134 Å². The van der Waals surface area contributed by atoms with Crippen LogP contribution in [0.4, 0.5) is 11.5 Å². The molecule has 1 fully saturated rings. The van der Waals surface area contributed by atoms with Crippen molar-refractivity contribution >= 4 is 29.0 Å². The van der Waals surface area contributed by atoms with Gasteiger partial charge in [-0.2, -0.15) is 0 Å². The number of hydrogen-bond acceptors (Lipinski definition) is 9. The Kier molecular flexibility index (Phi) is 8.94. The highest BCUT2D eigenvalue weighted by molar-refractivity contribution is 6.29. The third kappa shape index (κ3) is 7.06. The summed E-state index contributed by atoms with van der Waals surface area (Å²) in [6, 6.07) is 3.60. The van der Waals surface area contributed by atoms with E-state index in [1.807, 2.05) is 6.07 Å². The number of halogens is 1. The summed E-state index contributed by atoms with van der Waals surface area (Å²) in [5.41, 5.74) is 0.779. The van der Waals surface area contributed by atoms with Crippen molar-refractivity contribution in [1.82, 2.24) is 10.3 Å². The lowest BCUT2D eigenvalue weighted by molar-refractivity contribution is -0.418. The van der Waals surface area contributed by atoms with Crippen molar-refractivity contribution in [3.8, 4) is 0 Å². The molecule has 1 aromatic heterocycles. The lowest BCUT2D eigenvalue weighted by Gasteiger charge is -2.24. The normalized spacial score (nSPS) is 15.3. The lowest BCUT2D eigenvalue weighted by atomic mass is 10.1. The third-order valence-corrected chi connectivity index (χ3v) is 4.60. The SMILES string of the molecule is CNc1ccc(Cl)nc1NCCCOC(=N)/C(=C(/C)NC1CCOCC1)[N+](=O)[O-]. The Morgan fingerprint density at radius 2 is 2.17 bits per heavy atom. The molecular weight excluding hydrogens is 400 g/mol. The first-order valence-corrected chi connectivity index (χ1v) is 9.79. The Morgan fingerprint density at radius 3 is 2.83 bits per heavy atom. The van der Waals surface area contributed by atoms with Crippen LogP contribution in [-0.4, -0.2) is 55.3 Å². The molecule has 0 aromatic carbocycles. The third-order valence-electron chi connectivity index (χ3n) is 4.39. The van der Waals surface area contributed by atoms with Crippen molar-refractivity contribution in [2.75, 3.05) is 44.0 Å². The van der Waals surface area contributed by atoms with Crippen LogP contribution in [0.15, 0.2) is 23.5 Å². The van der Waals surface area contributed by atoms with Gasteiger partial charge in [-0.3, -0.25) is 15.5 Å². The molecule has 1 aromatic rings. The lowest BCUT2D eigenvalue weighted by Crippen LogP contribution is -2.35. The van der Waals surface area contributed by atoms with E-state index in [2.05, 4.69) is 20.9 Å². The van der Waals surface area contributed by atoms with Gasteiger partial charge in [-0.1, -0.05) is 11.6 Å². The van der Waals surface area contributed by atoms with Gasteiger partial charge in [0.05, 0.1) is 22.9 Å². The summed E-state index contributed by atoms with van der Waals surface area (Å²) in [5.74, 6) is 0.154. The van der Waals surface area contributed by atoms with E-state index in [1.54, 1.807) is 20.0 Å². The molecule has 0 aliphatic carbocycles. The van der Waals surface area contributed by atoms with E-state index >= 15 is 0 Å². The van der Waals surface area contributed by atoms with E-state index in [9.17, 15) is 10.1 Å². The zero-order valence-electron chi connectivity index (χ0n) is 16.6. The molecule has 160 valence electrons. The summed E-state index contributed by atoms with van der Waals surface area (Å²) in [6.45, 7) is 3.50. The highest BCUT2D eigenvalue weighted by Crippen LogP contribution is 2.21. The summed E-state index contributed by atoms with van der Waals surface area (Å²) < 4.78 is 10.6. The van der Waals surface area contributed by atoms with Crippen LogP contribution in [0.25, 0.3) is 0 Å². The van der Waals surface area contributed by atoms with Gasteiger partial charge >= 0.3 is 5.70 Å². The predicted molar refractivity (Wildman–Crippen MR) is 112 cm³/mol. The van der Waals surface area contributed by atoms with Gasteiger partial charge < -0.3 is 25.4 Å². The highest BCUT2D eigenvalue weighted by atomic mass is 35.5. The fourth-order valence-electron chi connectivity index (χ4n) is 2.90. The van der Waals surface area contributed by atoms with Crippen LogP contribution < -0.4 is 16.0 Å². The molecule has 0 bridgehead atoms. The number of nitrogens with zero attached hydrogens (tertiary/aromatic N) is 2. The average Bonchev–Trinajstić information content (AvgIpc) is 2.68. The Bertz CT molecular complexity index is 752. The van der Waals surface area contributed by atoms with Gasteiger partial charge in [0.15, 0.2) is 5.82 Å². The molecule has 0 saturated carbocycles. The number of aromatic nitrogens is 1. The quantitative estimate of drug-likeness (QED) is 0.112. The van der Waals surface area contributed by atoms with Crippen LogP contribution in [-0.2, 0) is 9.47 Å². The summed E-state index contributed by atoms with van der Waals surface area (Å²) >= 11 is 5.91. The van der Waals surface area contributed by atoms with Crippen molar-refractivity contribution in [3.63, 3.8) is 0 Å². The molecule has 2 heterocycles. The summed E-state index contributed by atoms with van der Waals surface area (Å²) in [5, 5.41) is 29.0. The van der Waals surface area contributed by atoms with Gasteiger partial charge in [-0.15, -0.1) is 0 Å². The number of pyridine rings is 1. The molecule has 1 aliphatic heterocycles. The molecule has 0 radical (unpaired) electrons. The van der Waals surface area contributed by atoms with E-state index in [0.717, 1.165) is 18.5 Å². The van der Waals surface area contributed by atoms with Crippen LogP contribution in [0, 0.1) is 15.5 Å². The van der Waals surface area contributed by atoms with Crippen LogP contribution in [0.2, 0.25) is 5.15 Å². The first kappa shape index (κ1) is 22.7. The Morgan fingerprint density at radius 1 is 1.45 bits per heavy atom. The molecule has 0 unspecified atom stereocenters. The van der Waals surface area contributed by atoms with E-state index < -0.39 is 10.8 Å². The van der Waals surface area contributed by atoms with Gasteiger partial charge in [0, 0.05) is 32.8 Å². The molecule has 0 atom stereocenters. The highest BCUT2D eigenvalue weighted by Gasteiger charge is 2.25. The molecule has 0 spiro atoms. The minimum absolute atomic E-state index is 0.0993. The van der Waals surface area contributed by atoms with Gasteiger partial charge in [-0.05, 0) is 38.3 Å². The standard InChI is InChI=1S/C18H27ClN6O4/c1-12(23-13-6-10-28-11-7-13)16(25(26)27)17(20)29-9-3-8-22-18-14(21-2)4-5-15(19)24-18/h4-5,13,20-21,23H,3,6-11H2,1-2H3,(H,22,24)/b16-12+,20-17?. The van der Waals surface area contributed by atoms with E-state index in [4.69, 9.17) is 26.5 Å². The minimum Gasteiger partial charge on any atom is -0.473 e. The molecular formula is C18H27ClN6O4. The van der Waals surface area contributed by atoms with Gasteiger partial charge in [-0.25, -0.2) is 4.98 Å². The fraction of sp³-hybridized carbons (Fsp3) is 0.556. The Hall–Kier alpha value is -2.59. The molecule has 29 heavy (non-hydrogen) atoms. The van der Waals surface area contributed by atoms with Gasteiger partial charge in [0.1, 0.15) is 5.15 Å². The Balaban J connectivity index is 1.83. The largest absolute Gasteiger partial charge is 0.473 e. The molecule has 0 amide bonds. The number of allylic oxidation sites excluding steroid dienone is 1. The number of hydrogen-bond donors (Lipinski definition) is 4. The predicted octanol–water partition coefficient (Wildman–Crippen LogP) is 2.85. The first-order valence-electron chi connectivity index (χ1n) is 9.41. The van der Waals surface area contributed by atoms with Crippen LogP contribution in [0.3, 0.4) is 0 Å². The summed E-state index contributed by atoms with van der Waals surface area (Å²) in [4.78, 5) is 15.0. The number of anilines is 2. The molecule has 2 rings (SSSR count). The number of ether oxygens (including phenoxy) is 2. The van der Waals surface area contributed by atoms with E-state index in [-0.39, 0.29) is 18.3 Å². The van der Waals surface area contributed by atoms with Crippen molar-refractivity contribution in [3.05, 3.63) is 38.8 Å². The fourth-order valence-corrected chi connectivity index (χ4v) is 3.05.